The number of aryl methyl sites for hydroxylation is 1. The van der Waals surface area contributed by atoms with Gasteiger partial charge in [-0.3, -0.25) is 19.1 Å². The Morgan fingerprint density at radius 2 is 1.86 bits per heavy atom. The highest BCUT2D eigenvalue weighted by atomic mass is 16.5. The molecule has 0 saturated heterocycles. The number of rotatable bonds is 9. The van der Waals surface area contributed by atoms with Gasteiger partial charge in [-0.15, -0.1) is 0 Å². The van der Waals surface area contributed by atoms with Gasteiger partial charge in [0.1, 0.15) is 17.1 Å². The van der Waals surface area contributed by atoms with Crippen molar-refractivity contribution in [2.75, 3.05) is 24.8 Å². The van der Waals surface area contributed by atoms with Crippen LogP contribution >= 0.6 is 0 Å². The van der Waals surface area contributed by atoms with Gasteiger partial charge in [-0.25, -0.2) is 4.98 Å². The zero-order valence-corrected chi connectivity index (χ0v) is 22.1. The zero-order valence-electron chi connectivity index (χ0n) is 22.1. The van der Waals surface area contributed by atoms with Crippen LogP contribution in [-0.2, 0) is 7.05 Å². The summed E-state index contributed by atoms with van der Waals surface area (Å²) in [6.07, 6.45) is 7.07. The molecule has 0 radical (unpaired) electrons. The Kier molecular flexibility index (Phi) is 6.98. The van der Waals surface area contributed by atoms with Gasteiger partial charge in [-0.1, -0.05) is 19.8 Å². The molecule has 4 rings (SSSR count). The molecule has 1 amide bonds. The van der Waals surface area contributed by atoms with Crippen molar-refractivity contribution in [1.82, 2.24) is 19.7 Å². The van der Waals surface area contributed by atoms with E-state index in [0.29, 0.717) is 11.4 Å². The summed E-state index contributed by atoms with van der Waals surface area (Å²) < 4.78 is 7.22. The quantitative estimate of drug-likeness (QED) is 0.371. The first-order chi connectivity index (χ1) is 17.5. The van der Waals surface area contributed by atoms with Crippen LogP contribution in [0.4, 0.5) is 17.1 Å². The Labute approximate surface area is 215 Å². The summed E-state index contributed by atoms with van der Waals surface area (Å²) in [4.78, 5) is 43.6. The molecule has 0 aliphatic heterocycles. The van der Waals surface area contributed by atoms with Crippen molar-refractivity contribution in [2.24, 2.45) is 12.5 Å². The first kappa shape index (κ1) is 26.2. The number of methoxy groups -OCH3 is 1. The average molecular weight is 511 g/mol. The van der Waals surface area contributed by atoms with Crippen molar-refractivity contribution in [3.05, 3.63) is 50.3 Å². The highest BCUT2D eigenvalue weighted by molar-refractivity contribution is 5.97. The first-order valence-electron chi connectivity index (χ1n) is 12.4. The maximum atomic E-state index is 12.8. The topological polar surface area (TPSA) is 139 Å². The third-order valence-corrected chi connectivity index (χ3v) is 7.44. The number of carbonyl (C=O) groups excluding carboxylic acids is 1. The van der Waals surface area contributed by atoms with Crippen LogP contribution in [0, 0.1) is 5.41 Å². The average Bonchev–Trinajstić information content (AvgIpc) is 3.48. The van der Waals surface area contributed by atoms with E-state index in [1.54, 1.807) is 32.1 Å². The van der Waals surface area contributed by atoms with E-state index in [2.05, 4.69) is 27.6 Å². The van der Waals surface area contributed by atoms with E-state index < -0.39 is 28.6 Å². The third kappa shape index (κ3) is 4.65. The van der Waals surface area contributed by atoms with Crippen LogP contribution in [0.3, 0.4) is 0 Å². The number of nitrogens with zero attached hydrogens (tertiary/aromatic N) is 4. The molecule has 1 aliphatic rings. The van der Waals surface area contributed by atoms with Gasteiger partial charge in [0.2, 0.25) is 0 Å². The lowest BCUT2D eigenvalue weighted by Crippen LogP contribution is -2.40. The van der Waals surface area contributed by atoms with Crippen molar-refractivity contribution in [3.8, 4) is 11.5 Å². The van der Waals surface area contributed by atoms with E-state index >= 15 is 0 Å². The van der Waals surface area contributed by atoms with Gasteiger partial charge in [0.05, 0.1) is 25.0 Å². The van der Waals surface area contributed by atoms with Gasteiger partial charge in [-0.2, -0.15) is 5.10 Å². The maximum absolute atomic E-state index is 12.8. The summed E-state index contributed by atoms with van der Waals surface area (Å²) in [6, 6.07) is 0.949. The highest BCUT2D eigenvalue weighted by Gasteiger charge is 2.42. The summed E-state index contributed by atoms with van der Waals surface area (Å²) in [5, 5.41) is 21.6. The third-order valence-electron chi connectivity index (χ3n) is 7.44. The minimum Gasteiger partial charge on any atom is -0.504 e. The second-order valence-electron chi connectivity index (χ2n) is 10.3. The lowest BCUT2D eigenvalue weighted by atomic mass is 9.78. The molecule has 2 aromatic heterocycles. The van der Waals surface area contributed by atoms with E-state index in [1.165, 1.54) is 17.2 Å². The van der Waals surface area contributed by atoms with E-state index in [4.69, 9.17) is 4.74 Å². The summed E-state index contributed by atoms with van der Waals surface area (Å²) in [6.45, 7) is 5.83. The monoisotopic (exact) mass is 510 g/mol. The van der Waals surface area contributed by atoms with Crippen molar-refractivity contribution in [3.63, 3.8) is 0 Å². The molecule has 1 aliphatic carbocycles. The van der Waals surface area contributed by atoms with Crippen LogP contribution in [-0.4, -0.2) is 50.9 Å². The summed E-state index contributed by atoms with van der Waals surface area (Å²) >= 11 is 0. The number of aromatic hydroxyl groups is 1. The number of nitrogens with one attached hydrogen (secondary N) is 2. The van der Waals surface area contributed by atoms with Crippen LogP contribution in [0.15, 0.2) is 28.0 Å². The van der Waals surface area contributed by atoms with E-state index in [9.17, 15) is 19.5 Å². The Morgan fingerprint density at radius 3 is 2.49 bits per heavy atom. The molecule has 37 heavy (non-hydrogen) atoms. The smallest absolute Gasteiger partial charge is 0.276 e. The molecular weight excluding hydrogens is 476 g/mol. The largest absolute Gasteiger partial charge is 0.504 e. The number of anilines is 3. The highest BCUT2D eigenvalue weighted by Crippen LogP contribution is 2.50. The Balaban J connectivity index is 1.70. The molecule has 11 nitrogen and oxygen atoms in total. The van der Waals surface area contributed by atoms with Crippen LogP contribution in [0.25, 0.3) is 0 Å². The molecule has 198 valence electrons. The van der Waals surface area contributed by atoms with Gasteiger partial charge in [-0.05, 0) is 38.2 Å². The Hall–Kier alpha value is -3.89. The van der Waals surface area contributed by atoms with Gasteiger partial charge in [0, 0.05) is 26.3 Å². The number of amides is 1. The molecule has 3 N–H and O–H groups in total. The minimum atomic E-state index is -0.714. The van der Waals surface area contributed by atoms with E-state index in [1.807, 2.05) is 13.8 Å². The SMILES string of the molecule is COc1cn(C)nc1C(Nc1c(Nc2ccnc(C(=O)N(C)C(C)C)c2O)c(=O)c1=O)C1(C)CCCC1. The molecule has 1 atom stereocenters. The fourth-order valence-electron chi connectivity index (χ4n) is 4.93. The van der Waals surface area contributed by atoms with Crippen LogP contribution in [0.5, 0.6) is 11.5 Å². The molecule has 1 fully saturated rings. The van der Waals surface area contributed by atoms with Gasteiger partial charge < -0.3 is 25.4 Å². The second-order valence-corrected chi connectivity index (χ2v) is 10.3. The normalized spacial score (nSPS) is 15.6. The second kappa shape index (κ2) is 9.87. The van der Waals surface area contributed by atoms with Gasteiger partial charge >= 0.3 is 0 Å². The molecule has 0 spiro atoms. The fourth-order valence-corrected chi connectivity index (χ4v) is 4.93. The summed E-state index contributed by atoms with van der Waals surface area (Å²) in [5.41, 5.74) is -0.859. The van der Waals surface area contributed by atoms with E-state index in [-0.39, 0.29) is 34.2 Å². The number of carbonyl (C=O) groups is 1. The predicted molar refractivity (Wildman–Crippen MR) is 140 cm³/mol. The van der Waals surface area contributed by atoms with Crippen molar-refractivity contribution < 1.29 is 14.6 Å². The lowest BCUT2D eigenvalue weighted by molar-refractivity contribution is 0.0746. The molecule has 3 aromatic rings. The van der Waals surface area contributed by atoms with E-state index in [0.717, 1.165) is 25.7 Å². The Bertz CT molecular complexity index is 1380. The first-order valence-corrected chi connectivity index (χ1v) is 12.4. The van der Waals surface area contributed by atoms with Gasteiger partial charge in [0.15, 0.2) is 17.2 Å². The number of aromatic nitrogens is 3. The summed E-state index contributed by atoms with van der Waals surface area (Å²) in [7, 11) is 4.98. The molecule has 11 heteroatoms. The number of ether oxygens (including phenoxy) is 1. The van der Waals surface area contributed by atoms with Crippen LogP contribution in [0.2, 0.25) is 0 Å². The number of hydrogen-bond donors (Lipinski definition) is 3. The van der Waals surface area contributed by atoms with Crippen LogP contribution in [0.1, 0.15) is 68.7 Å². The van der Waals surface area contributed by atoms with Crippen molar-refractivity contribution in [1.29, 1.82) is 0 Å². The summed E-state index contributed by atoms with van der Waals surface area (Å²) in [5.74, 6) is -0.272. The van der Waals surface area contributed by atoms with Crippen molar-refractivity contribution >= 4 is 23.0 Å². The minimum absolute atomic E-state index is 0.0172. The van der Waals surface area contributed by atoms with Crippen molar-refractivity contribution in [2.45, 2.75) is 58.5 Å². The lowest BCUT2D eigenvalue weighted by Gasteiger charge is -2.35. The molecule has 0 bridgehead atoms. The molecular formula is C26H34N6O5. The molecule has 1 aromatic carbocycles. The fraction of sp³-hybridized carbons (Fsp3) is 0.500. The number of hydrogen-bond acceptors (Lipinski definition) is 9. The Morgan fingerprint density at radius 1 is 1.22 bits per heavy atom. The molecule has 2 heterocycles. The molecule has 1 unspecified atom stereocenters. The number of pyridine rings is 1. The standard InChI is InChI=1S/C26H34N6O5/c1-14(2)32(5)25(36)20-21(33)15(9-12-27-20)28-18-19(23(35)22(18)34)29-24(26(3)10-7-8-11-26)17-16(37-6)13-31(4)30-17/h9,12-14,24,29,33H,7-8,10-11H2,1-6H3,(H,27,28). The maximum Gasteiger partial charge on any atom is 0.276 e. The van der Waals surface area contributed by atoms with Gasteiger partial charge in [0.25, 0.3) is 16.8 Å². The zero-order chi connectivity index (χ0) is 27.1. The predicted octanol–water partition coefficient (Wildman–Crippen LogP) is 3.08. The molecule has 1 saturated carbocycles. The van der Waals surface area contributed by atoms with Crippen LogP contribution < -0.4 is 26.2 Å².